The largest absolute Gasteiger partial charge is 0.468 e. The summed E-state index contributed by atoms with van der Waals surface area (Å²) in [5.41, 5.74) is 1.33. The average Bonchev–Trinajstić information content (AvgIpc) is 2.93. The van der Waals surface area contributed by atoms with Gasteiger partial charge in [0.1, 0.15) is 5.76 Å². The van der Waals surface area contributed by atoms with E-state index in [1.807, 2.05) is 6.26 Å². The van der Waals surface area contributed by atoms with Gasteiger partial charge in [0.25, 0.3) is 0 Å². The summed E-state index contributed by atoms with van der Waals surface area (Å²) in [6, 6.07) is 2.74. The fraction of sp³-hybridized carbons (Fsp3) is 0.750. The van der Waals surface area contributed by atoms with Crippen molar-refractivity contribution in [2.45, 2.75) is 57.8 Å². The zero-order valence-corrected chi connectivity index (χ0v) is 12.4. The molecule has 1 saturated heterocycles. The smallest absolute Gasteiger partial charge is 0.122 e. The number of rotatable bonds is 5. The van der Waals surface area contributed by atoms with Crippen LogP contribution >= 0.6 is 0 Å². The van der Waals surface area contributed by atoms with Crippen LogP contribution in [-0.4, -0.2) is 36.7 Å². The van der Waals surface area contributed by atoms with Crippen molar-refractivity contribution in [3.05, 3.63) is 23.7 Å². The number of nitrogens with one attached hydrogen (secondary N) is 1. The van der Waals surface area contributed by atoms with Gasteiger partial charge in [0.15, 0.2) is 0 Å². The summed E-state index contributed by atoms with van der Waals surface area (Å²) in [4.78, 5) is 2.60. The van der Waals surface area contributed by atoms with E-state index in [9.17, 15) is 0 Å². The van der Waals surface area contributed by atoms with Crippen LogP contribution in [0.1, 0.15) is 43.9 Å². The molecule has 2 atom stereocenters. The lowest BCUT2D eigenvalue weighted by atomic mass is 9.90. The topological polar surface area (TPSA) is 37.6 Å². The molecule has 2 fully saturated rings. The Morgan fingerprint density at radius 1 is 1.35 bits per heavy atom. The molecule has 0 spiro atoms. The third-order valence-electron chi connectivity index (χ3n) is 4.59. The Balaban J connectivity index is 1.65. The van der Waals surface area contributed by atoms with Crippen LogP contribution in [0.2, 0.25) is 0 Å². The quantitative estimate of drug-likeness (QED) is 0.898. The normalized spacial score (nSPS) is 27.4. The van der Waals surface area contributed by atoms with Crippen LogP contribution in [0.3, 0.4) is 0 Å². The molecule has 112 valence electrons. The highest BCUT2D eigenvalue weighted by Gasteiger charge is 2.34. The molecule has 4 nitrogen and oxygen atoms in total. The first-order chi connectivity index (χ1) is 9.88. The van der Waals surface area contributed by atoms with Gasteiger partial charge >= 0.3 is 0 Å². The van der Waals surface area contributed by atoms with Crippen LogP contribution in [0.25, 0.3) is 0 Å². The maximum atomic E-state index is 5.95. The molecule has 1 N–H and O–H groups in total. The van der Waals surface area contributed by atoms with Gasteiger partial charge in [-0.15, -0.1) is 0 Å². The number of morpholine rings is 1. The predicted octanol–water partition coefficient (Wildman–Crippen LogP) is 2.53. The van der Waals surface area contributed by atoms with Crippen molar-refractivity contribution in [2.24, 2.45) is 0 Å². The standard InChI is InChI=1S/C16H26N2O2/c1-2-17-11-16-13(7-9-19-16)12-18-8-10-20-15-6-4-3-5-14(15)18/h7,9,14-15,17H,2-6,8,10-12H2,1H3. The highest BCUT2D eigenvalue weighted by atomic mass is 16.5. The Labute approximate surface area is 121 Å². The van der Waals surface area contributed by atoms with Gasteiger partial charge in [0.05, 0.1) is 25.5 Å². The number of hydrogen-bond donors (Lipinski definition) is 1. The molecular formula is C16H26N2O2. The molecule has 0 aromatic carbocycles. The van der Waals surface area contributed by atoms with Crippen LogP contribution in [0, 0.1) is 0 Å². The van der Waals surface area contributed by atoms with Crippen molar-refractivity contribution in [2.75, 3.05) is 19.7 Å². The van der Waals surface area contributed by atoms with Crippen molar-refractivity contribution in [3.63, 3.8) is 0 Å². The lowest BCUT2D eigenvalue weighted by Gasteiger charge is -2.43. The Hall–Kier alpha value is -0.840. The molecule has 3 rings (SSSR count). The molecule has 2 aliphatic rings. The Kier molecular flexibility index (Phi) is 4.76. The Bertz CT molecular complexity index is 416. The summed E-state index contributed by atoms with van der Waals surface area (Å²) >= 11 is 0. The minimum absolute atomic E-state index is 0.460. The third-order valence-corrected chi connectivity index (χ3v) is 4.59. The molecule has 2 unspecified atom stereocenters. The number of furan rings is 1. The minimum atomic E-state index is 0.460. The highest BCUT2D eigenvalue weighted by molar-refractivity contribution is 5.17. The van der Waals surface area contributed by atoms with Gasteiger partial charge in [0, 0.05) is 24.7 Å². The highest BCUT2D eigenvalue weighted by Crippen LogP contribution is 2.30. The second-order valence-corrected chi connectivity index (χ2v) is 5.88. The second kappa shape index (κ2) is 6.74. The second-order valence-electron chi connectivity index (χ2n) is 5.88. The number of ether oxygens (including phenoxy) is 1. The molecule has 0 bridgehead atoms. The van der Waals surface area contributed by atoms with Gasteiger partial charge in [-0.3, -0.25) is 4.90 Å². The molecule has 1 saturated carbocycles. The molecule has 2 heterocycles. The van der Waals surface area contributed by atoms with Gasteiger partial charge in [-0.2, -0.15) is 0 Å². The van der Waals surface area contributed by atoms with Crippen LogP contribution in [0.4, 0.5) is 0 Å². The van der Waals surface area contributed by atoms with Crippen LogP contribution in [0.15, 0.2) is 16.7 Å². The molecule has 4 heteroatoms. The summed E-state index contributed by atoms with van der Waals surface area (Å²) < 4.78 is 11.6. The van der Waals surface area contributed by atoms with Crippen LogP contribution in [0.5, 0.6) is 0 Å². The summed E-state index contributed by atoms with van der Waals surface area (Å²) in [5.74, 6) is 1.09. The van der Waals surface area contributed by atoms with Crippen LogP contribution in [-0.2, 0) is 17.8 Å². The molecule has 1 aliphatic heterocycles. The van der Waals surface area contributed by atoms with Gasteiger partial charge < -0.3 is 14.5 Å². The summed E-state index contributed by atoms with van der Waals surface area (Å²) in [7, 11) is 0. The zero-order chi connectivity index (χ0) is 13.8. The van der Waals surface area contributed by atoms with E-state index in [4.69, 9.17) is 9.15 Å². The van der Waals surface area contributed by atoms with E-state index in [1.54, 1.807) is 0 Å². The molecule has 0 radical (unpaired) electrons. The van der Waals surface area contributed by atoms with E-state index in [2.05, 4.69) is 23.2 Å². The van der Waals surface area contributed by atoms with Crippen molar-refractivity contribution in [3.8, 4) is 0 Å². The molecule has 1 aromatic rings. The van der Waals surface area contributed by atoms with Crippen LogP contribution < -0.4 is 5.32 Å². The van der Waals surface area contributed by atoms with E-state index in [0.717, 1.165) is 38.5 Å². The lowest BCUT2D eigenvalue weighted by Crippen LogP contribution is -2.52. The maximum absolute atomic E-state index is 5.95. The SMILES string of the molecule is CCNCc1occc1CN1CCOC2CCCCC21. The van der Waals surface area contributed by atoms with Crippen molar-refractivity contribution in [1.82, 2.24) is 10.2 Å². The van der Waals surface area contributed by atoms with Gasteiger partial charge in [-0.05, 0) is 25.5 Å². The number of nitrogens with zero attached hydrogens (tertiary/aromatic N) is 1. The summed E-state index contributed by atoms with van der Waals surface area (Å²) in [5, 5.41) is 3.35. The monoisotopic (exact) mass is 278 g/mol. The first kappa shape index (κ1) is 14.1. The number of fused-ring (bicyclic) bond motifs is 1. The summed E-state index contributed by atoms with van der Waals surface area (Å²) in [6.45, 7) is 6.85. The Morgan fingerprint density at radius 2 is 2.25 bits per heavy atom. The molecular weight excluding hydrogens is 252 g/mol. The molecule has 1 aliphatic carbocycles. The van der Waals surface area contributed by atoms with Gasteiger partial charge in [-0.1, -0.05) is 19.8 Å². The maximum Gasteiger partial charge on any atom is 0.122 e. The third kappa shape index (κ3) is 3.08. The fourth-order valence-corrected chi connectivity index (χ4v) is 3.49. The van der Waals surface area contributed by atoms with Crippen molar-refractivity contribution in [1.29, 1.82) is 0 Å². The molecule has 0 amide bonds. The van der Waals surface area contributed by atoms with Gasteiger partial charge in [-0.25, -0.2) is 0 Å². The van der Waals surface area contributed by atoms with E-state index >= 15 is 0 Å². The molecule has 20 heavy (non-hydrogen) atoms. The Morgan fingerprint density at radius 3 is 3.15 bits per heavy atom. The van der Waals surface area contributed by atoms with E-state index in [0.29, 0.717) is 12.1 Å². The van der Waals surface area contributed by atoms with Crippen molar-refractivity contribution >= 4 is 0 Å². The molecule has 1 aromatic heterocycles. The fourth-order valence-electron chi connectivity index (χ4n) is 3.49. The minimum Gasteiger partial charge on any atom is -0.468 e. The van der Waals surface area contributed by atoms with E-state index < -0.39 is 0 Å². The van der Waals surface area contributed by atoms with Gasteiger partial charge in [0.2, 0.25) is 0 Å². The average molecular weight is 278 g/mol. The van der Waals surface area contributed by atoms with E-state index in [-0.39, 0.29) is 0 Å². The van der Waals surface area contributed by atoms with Crippen molar-refractivity contribution < 1.29 is 9.15 Å². The number of hydrogen-bond acceptors (Lipinski definition) is 4. The van der Waals surface area contributed by atoms with E-state index in [1.165, 1.54) is 31.2 Å². The zero-order valence-electron chi connectivity index (χ0n) is 12.4. The lowest BCUT2D eigenvalue weighted by molar-refractivity contribution is -0.0912. The summed E-state index contributed by atoms with van der Waals surface area (Å²) in [6.07, 6.45) is 7.47. The first-order valence-corrected chi connectivity index (χ1v) is 8.00. The predicted molar refractivity (Wildman–Crippen MR) is 78.5 cm³/mol. The first-order valence-electron chi connectivity index (χ1n) is 8.00.